The van der Waals surface area contributed by atoms with Crippen molar-refractivity contribution in [3.63, 3.8) is 0 Å². The second-order valence-corrected chi connectivity index (χ2v) is 10.0. The lowest BCUT2D eigenvalue weighted by Gasteiger charge is -2.18. The summed E-state index contributed by atoms with van der Waals surface area (Å²) in [5.41, 5.74) is 0.982. The number of halogens is 3. The van der Waals surface area contributed by atoms with Gasteiger partial charge in [0.1, 0.15) is 17.3 Å². The Morgan fingerprint density at radius 3 is 2.45 bits per heavy atom. The summed E-state index contributed by atoms with van der Waals surface area (Å²) in [5.74, 6) is -2.51. The molecule has 4 aromatic rings. The predicted octanol–water partition coefficient (Wildman–Crippen LogP) is 3.54. The highest BCUT2D eigenvalue weighted by Gasteiger charge is 2.36. The largest absolute Gasteiger partial charge is 0.619 e. The van der Waals surface area contributed by atoms with E-state index in [1.54, 1.807) is 12.1 Å². The van der Waals surface area contributed by atoms with Crippen LogP contribution in [0, 0.1) is 16.8 Å². The van der Waals surface area contributed by atoms with E-state index in [9.17, 15) is 23.3 Å². The van der Waals surface area contributed by atoms with Gasteiger partial charge in [0.15, 0.2) is 12.4 Å². The van der Waals surface area contributed by atoms with E-state index in [2.05, 4.69) is 10.3 Å². The Labute approximate surface area is 192 Å². The lowest BCUT2D eigenvalue weighted by molar-refractivity contribution is -0.605. The molecular weight excluding hydrogens is 475 g/mol. The van der Waals surface area contributed by atoms with Crippen molar-refractivity contribution in [2.45, 2.75) is 6.54 Å². The highest BCUT2D eigenvalue weighted by molar-refractivity contribution is 7.75. The van der Waals surface area contributed by atoms with Crippen LogP contribution < -0.4 is 20.7 Å². The Kier molecular flexibility index (Phi) is 6.21. The first kappa shape index (κ1) is 22.9. The minimum atomic E-state index is -4.15. The maximum absolute atomic E-state index is 14.1. The minimum Gasteiger partial charge on any atom is -0.619 e. The number of carbonyl (C=O) groups is 1. The van der Waals surface area contributed by atoms with Gasteiger partial charge in [0.2, 0.25) is 0 Å². The predicted molar refractivity (Wildman–Crippen MR) is 120 cm³/mol. The van der Waals surface area contributed by atoms with Gasteiger partial charge in [0, 0.05) is 53.1 Å². The molecule has 1 atom stereocenters. The zero-order chi connectivity index (χ0) is 23.8. The van der Waals surface area contributed by atoms with E-state index in [0.717, 1.165) is 19.2 Å². The molecule has 0 spiro atoms. The molecular formula is C22H17ClF2N3O4P. The number of benzene rings is 2. The number of fused-ring (bicyclic) bond motifs is 1. The van der Waals surface area contributed by atoms with Crippen molar-refractivity contribution >= 4 is 46.4 Å². The molecule has 0 aliphatic carbocycles. The van der Waals surface area contributed by atoms with Gasteiger partial charge in [0.05, 0.1) is 5.30 Å². The number of rotatable bonds is 6. The fourth-order valence-corrected chi connectivity index (χ4v) is 5.85. The van der Waals surface area contributed by atoms with Crippen molar-refractivity contribution in [2.24, 2.45) is 0 Å². The molecule has 0 saturated heterocycles. The quantitative estimate of drug-likeness (QED) is 0.245. The van der Waals surface area contributed by atoms with Crippen LogP contribution >= 0.6 is 19.0 Å². The van der Waals surface area contributed by atoms with Crippen molar-refractivity contribution in [3.05, 3.63) is 94.0 Å². The van der Waals surface area contributed by atoms with Crippen molar-refractivity contribution in [3.8, 4) is 0 Å². The first-order valence-corrected chi connectivity index (χ1v) is 11.6. The van der Waals surface area contributed by atoms with Crippen LogP contribution in [0.4, 0.5) is 8.78 Å². The third kappa shape index (κ3) is 4.48. The van der Waals surface area contributed by atoms with E-state index in [1.807, 2.05) is 0 Å². The molecule has 1 amide bonds. The van der Waals surface area contributed by atoms with Crippen LogP contribution in [0.15, 0.2) is 60.9 Å². The third-order valence-corrected chi connectivity index (χ3v) is 7.76. The van der Waals surface area contributed by atoms with Gasteiger partial charge in [-0.05, 0) is 35.9 Å². The lowest BCUT2D eigenvalue weighted by atomic mass is 10.2. The number of hydrogen-bond acceptors (Lipinski definition) is 4. The molecule has 170 valence electrons. The molecule has 0 saturated carbocycles. The molecule has 2 aromatic heterocycles. The average Bonchev–Trinajstić information content (AvgIpc) is 3.16. The summed E-state index contributed by atoms with van der Waals surface area (Å²) < 4.78 is 47.9. The topological polar surface area (TPSA) is 98.1 Å². The standard InChI is InChI=1S/C22H17ClF2N3O4P/c1-32-33(31,17-10-15(24)9-16(25)11-17)21-18-8-14(23)2-3-19(18)27-20(21)22(29)26-12-13-4-6-28(30)7-5-13/h2-11,27H,12H2,1H3,(H,26,29). The van der Waals surface area contributed by atoms with Gasteiger partial charge < -0.3 is 20.0 Å². The second-order valence-electron chi connectivity index (χ2n) is 7.15. The molecule has 4 rings (SSSR count). The van der Waals surface area contributed by atoms with Crippen LogP contribution in [0.5, 0.6) is 0 Å². The van der Waals surface area contributed by atoms with E-state index >= 15 is 0 Å². The van der Waals surface area contributed by atoms with Crippen molar-refractivity contribution in [2.75, 3.05) is 7.11 Å². The first-order chi connectivity index (χ1) is 15.7. The van der Waals surface area contributed by atoms with Crippen LogP contribution in [-0.4, -0.2) is 18.0 Å². The highest BCUT2D eigenvalue weighted by Crippen LogP contribution is 2.47. The SMILES string of the molecule is COP(=O)(c1cc(F)cc(F)c1)c1c(C(=O)NCc2cc[n+]([O-])cc2)[nH]c2ccc(Cl)cc12. The second kappa shape index (κ2) is 8.94. The van der Waals surface area contributed by atoms with Gasteiger partial charge >= 0.3 is 0 Å². The normalized spacial score (nSPS) is 13.1. The number of nitrogens with zero attached hydrogens (tertiary/aromatic N) is 1. The van der Waals surface area contributed by atoms with E-state index < -0.39 is 24.9 Å². The van der Waals surface area contributed by atoms with Gasteiger partial charge in [-0.1, -0.05) is 11.6 Å². The van der Waals surface area contributed by atoms with Crippen molar-refractivity contribution in [1.82, 2.24) is 10.3 Å². The molecule has 0 aliphatic rings. The van der Waals surface area contributed by atoms with E-state index in [0.29, 0.717) is 32.3 Å². The summed E-state index contributed by atoms with van der Waals surface area (Å²) >= 11 is 6.13. The average molecular weight is 492 g/mol. The Bertz CT molecular complexity index is 1390. The summed E-state index contributed by atoms with van der Waals surface area (Å²) in [6, 6.07) is 10.2. The third-order valence-electron chi connectivity index (χ3n) is 5.02. The fourth-order valence-electron chi connectivity index (χ4n) is 3.49. The van der Waals surface area contributed by atoms with Crippen LogP contribution in [0.1, 0.15) is 16.1 Å². The molecule has 1 unspecified atom stereocenters. The first-order valence-electron chi connectivity index (χ1n) is 9.61. The van der Waals surface area contributed by atoms with Crippen molar-refractivity contribution in [1.29, 1.82) is 0 Å². The molecule has 11 heteroatoms. The fraction of sp³-hybridized carbons (Fsp3) is 0.0909. The minimum absolute atomic E-state index is 0.0598. The number of aromatic nitrogens is 2. The monoisotopic (exact) mass is 491 g/mol. The summed E-state index contributed by atoms with van der Waals surface area (Å²) in [6.07, 6.45) is 2.57. The Morgan fingerprint density at radius 1 is 1.15 bits per heavy atom. The summed E-state index contributed by atoms with van der Waals surface area (Å²) in [5, 5.41) is 14.2. The molecule has 0 aliphatic heterocycles. The van der Waals surface area contributed by atoms with Crippen LogP contribution in [0.3, 0.4) is 0 Å². The summed E-state index contributed by atoms with van der Waals surface area (Å²) in [6.45, 7) is 0.0705. The Hall–Kier alpha value is -3.26. The number of H-pyrrole nitrogens is 1. The molecule has 2 aromatic carbocycles. The summed E-state index contributed by atoms with van der Waals surface area (Å²) in [7, 11) is -3.01. The van der Waals surface area contributed by atoms with E-state index in [-0.39, 0.29) is 22.8 Å². The Balaban J connectivity index is 1.84. The van der Waals surface area contributed by atoms with Gasteiger partial charge in [-0.3, -0.25) is 9.36 Å². The van der Waals surface area contributed by atoms with Crippen molar-refractivity contribution < 1.29 is 27.4 Å². The number of nitrogens with one attached hydrogen (secondary N) is 2. The molecule has 33 heavy (non-hydrogen) atoms. The smallest absolute Gasteiger partial charge is 0.268 e. The van der Waals surface area contributed by atoms with Crippen LogP contribution in [-0.2, 0) is 15.6 Å². The number of amides is 1. The van der Waals surface area contributed by atoms with Gasteiger partial charge in [-0.15, -0.1) is 0 Å². The Morgan fingerprint density at radius 2 is 1.82 bits per heavy atom. The van der Waals surface area contributed by atoms with Crippen LogP contribution in [0.2, 0.25) is 5.02 Å². The number of pyridine rings is 1. The molecule has 7 nitrogen and oxygen atoms in total. The van der Waals surface area contributed by atoms with E-state index in [1.165, 1.54) is 30.6 Å². The molecule has 2 N–H and O–H groups in total. The van der Waals surface area contributed by atoms with Gasteiger partial charge in [0.25, 0.3) is 13.3 Å². The molecule has 0 fully saturated rings. The molecule has 0 radical (unpaired) electrons. The zero-order valence-corrected chi connectivity index (χ0v) is 18.8. The van der Waals surface area contributed by atoms with Gasteiger partial charge in [-0.25, -0.2) is 8.78 Å². The lowest BCUT2D eigenvalue weighted by Crippen LogP contribution is -2.30. The molecule has 2 heterocycles. The maximum Gasteiger partial charge on any atom is 0.268 e. The highest BCUT2D eigenvalue weighted by atomic mass is 35.5. The maximum atomic E-state index is 14.1. The zero-order valence-electron chi connectivity index (χ0n) is 17.1. The molecule has 0 bridgehead atoms. The number of aromatic amines is 1. The summed E-state index contributed by atoms with van der Waals surface area (Å²) in [4.78, 5) is 16.0. The van der Waals surface area contributed by atoms with E-state index in [4.69, 9.17) is 16.1 Å². The number of carbonyl (C=O) groups excluding carboxylic acids is 1. The number of hydrogen-bond donors (Lipinski definition) is 2. The van der Waals surface area contributed by atoms with Crippen LogP contribution in [0.25, 0.3) is 10.9 Å². The van der Waals surface area contributed by atoms with Gasteiger partial charge in [-0.2, -0.15) is 4.73 Å².